The minimum absolute atomic E-state index is 0.251. The Kier molecular flexibility index (Phi) is 8.12. The van der Waals surface area contributed by atoms with E-state index >= 15 is 0 Å². The molecule has 4 aromatic heterocycles. The largest absolute Gasteiger partial charge is 0.490 e. The van der Waals surface area contributed by atoms with Crippen molar-refractivity contribution in [2.24, 2.45) is 0 Å². The number of pyridine rings is 2. The topological polar surface area (TPSA) is 110 Å². The first kappa shape index (κ1) is 28.9. The van der Waals surface area contributed by atoms with Gasteiger partial charge in [0, 0.05) is 17.9 Å². The fourth-order valence-corrected chi connectivity index (χ4v) is 3.72. The van der Waals surface area contributed by atoms with Gasteiger partial charge in [-0.1, -0.05) is 24.3 Å². The Morgan fingerprint density at radius 1 is 0.927 bits per heavy atom. The highest BCUT2D eigenvalue weighted by Gasteiger charge is 2.38. The Morgan fingerprint density at radius 2 is 1.61 bits per heavy atom. The number of carboxylic acid groups (broad SMARTS) is 1. The summed E-state index contributed by atoms with van der Waals surface area (Å²) in [5.74, 6) is -3.07. The van der Waals surface area contributed by atoms with Crippen LogP contribution in [0.2, 0.25) is 0 Å². The molecule has 2 N–H and O–H groups in total. The van der Waals surface area contributed by atoms with Crippen LogP contribution in [0.1, 0.15) is 21.6 Å². The van der Waals surface area contributed by atoms with Crippen LogP contribution in [0.4, 0.5) is 26.3 Å². The smallest absolute Gasteiger partial charge is 0.475 e. The second-order valence-electron chi connectivity index (χ2n) is 8.37. The number of oxazole rings is 1. The van der Waals surface area contributed by atoms with E-state index in [0.717, 1.165) is 17.6 Å². The molecule has 0 unspecified atom stereocenters. The van der Waals surface area contributed by atoms with E-state index < -0.39 is 23.9 Å². The van der Waals surface area contributed by atoms with Gasteiger partial charge in [-0.3, -0.25) is 9.78 Å². The highest BCUT2D eigenvalue weighted by Crippen LogP contribution is 2.33. The molecule has 212 valence electrons. The first-order valence-corrected chi connectivity index (χ1v) is 11.5. The monoisotopic (exact) mass is 576 g/mol. The third-order valence-corrected chi connectivity index (χ3v) is 5.63. The zero-order chi connectivity index (χ0) is 29.8. The Bertz CT molecular complexity index is 1650. The number of halogens is 6. The standard InChI is InChI=1S/C25H17F3N4O2.C2HF3O2/c26-25(27,28)18-7-4-16(5-8-18)17-6-9-20-11-21(23(32(20)13-17)22-14-34-15-31-22)24(33)30-12-19-3-1-2-10-29-19;3-2(4,5)1(6)7/h1-11,13-15H,12H2,(H,30,33);(H,6,7). The van der Waals surface area contributed by atoms with Crippen molar-refractivity contribution in [3.8, 4) is 22.5 Å². The Hall–Kier alpha value is -5.14. The summed E-state index contributed by atoms with van der Waals surface area (Å²) in [6, 6.07) is 15.7. The lowest BCUT2D eigenvalue weighted by molar-refractivity contribution is -0.192. The Morgan fingerprint density at radius 3 is 2.17 bits per heavy atom. The molecule has 8 nitrogen and oxygen atoms in total. The molecule has 14 heteroatoms. The highest BCUT2D eigenvalue weighted by molar-refractivity contribution is 6.02. The molecule has 1 aromatic carbocycles. The summed E-state index contributed by atoms with van der Waals surface area (Å²) in [6.07, 6.45) is -3.37. The van der Waals surface area contributed by atoms with Crippen molar-refractivity contribution < 1.29 is 45.5 Å². The number of fused-ring (bicyclic) bond motifs is 1. The SMILES string of the molecule is O=C(NCc1ccccn1)c1cc2ccc(-c3ccc(C(F)(F)F)cc3)cn2c1-c1cocn1.O=C(O)C(F)(F)F. The third kappa shape index (κ3) is 6.90. The number of amides is 1. The molecule has 0 saturated heterocycles. The van der Waals surface area contributed by atoms with Gasteiger partial charge in [-0.05, 0) is 47.5 Å². The van der Waals surface area contributed by atoms with E-state index in [1.54, 1.807) is 41.1 Å². The van der Waals surface area contributed by atoms with Gasteiger partial charge in [0.05, 0.1) is 29.1 Å². The maximum atomic E-state index is 13.1. The van der Waals surface area contributed by atoms with Gasteiger partial charge in [-0.15, -0.1) is 0 Å². The van der Waals surface area contributed by atoms with Gasteiger partial charge in [0.15, 0.2) is 6.39 Å². The first-order chi connectivity index (χ1) is 19.3. The van der Waals surface area contributed by atoms with E-state index in [-0.39, 0.29) is 12.5 Å². The number of hydrogen-bond donors (Lipinski definition) is 2. The molecule has 0 atom stereocenters. The lowest BCUT2D eigenvalue weighted by Gasteiger charge is -2.09. The number of carbonyl (C=O) groups excluding carboxylic acids is 1. The molecule has 0 bridgehead atoms. The number of alkyl halides is 6. The lowest BCUT2D eigenvalue weighted by atomic mass is 10.1. The molecule has 5 rings (SSSR count). The summed E-state index contributed by atoms with van der Waals surface area (Å²) >= 11 is 0. The predicted molar refractivity (Wildman–Crippen MR) is 132 cm³/mol. The van der Waals surface area contributed by atoms with Crippen LogP contribution in [0.15, 0.2) is 90.1 Å². The van der Waals surface area contributed by atoms with Crippen molar-refractivity contribution in [2.75, 3.05) is 0 Å². The number of nitrogens with zero attached hydrogens (tertiary/aromatic N) is 3. The van der Waals surface area contributed by atoms with Crippen LogP contribution in [0.5, 0.6) is 0 Å². The summed E-state index contributed by atoms with van der Waals surface area (Å²) in [5, 5.41) is 9.99. The second-order valence-corrected chi connectivity index (χ2v) is 8.37. The summed E-state index contributed by atoms with van der Waals surface area (Å²) < 4.78 is 77.4. The number of aromatic nitrogens is 3. The third-order valence-electron chi connectivity index (χ3n) is 5.63. The van der Waals surface area contributed by atoms with Crippen molar-refractivity contribution >= 4 is 17.4 Å². The van der Waals surface area contributed by atoms with E-state index in [9.17, 15) is 31.1 Å². The maximum Gasteiger partial charge on any atom is 0.490 e. The van der Waals surface area contributed by atoms with E-state index in [1.807, 2.05) is 12.1 Å². The van der Waals surface area contributed by atoms with Gasteiger partial charge >= 0.3 is 18.3 Å². The normalized spacial score (nSPS) is 11.6. The average Bonchev–Trinajstić information content (AvgIpc) is 3.59. The number of rotatable bonds is 5. The minimum atomic E-state index is -5.08. The Balaban J connectivity index is 0.000000493. The summed E-state index contributed by atoms with van der Waals surface area (Å²) in [5.41, 5.74) is 3.35. The predicted octanol–water partition coefficient (Wildman–Crippen LogP) is 6.24. The zero-order valence-electron chi connectivity index (χ0n) is 20.6. The van der Waals surface area contributed by atoms with Gasteiger partial charge < -0.3 is 19.2 Å². The number of benzene rings is 1. The maximum absolute atomic E-state index is 13.1. The van der Waals surface area contributed by atoms with Crippen molar-refractivity contribution in [1.82, 2.24) is 19.7 Å². The molecule has 0 aliphatic rings. The minimum Gasteiger partial charge on any atom is -0.475 e. The van der Waals surface area contributed by atoms with Gasteiger partial charge in [-0.2, -0.15) is 26.3 Å². The molecule has 5 aromatic rings. The molecule has 0 saturated carbocycles. The summed E-state index contributed by atoms with van der Waals surface area (Å²) in [6.45, 7) is 0.251. The Labute approximate surface area is 226 Å². The van der Waals surface area contributed by atoms with Crippen LogP contribution in [0.25, 0.3) is 28.0 Å². The lowest BCUT2D eigenvalue weighted by Crippen LogP contribution is -2.23. The fraction of sp³-hybridized carbons (Fsp3) is 0.111. The number of aliphatic carboxylic acids is 1. The van der Waals surface area contributed by atoms with Crippen molar-refractivity contribution in [3.05, 3.63) is 103 Å². The highest BCUT2D eigenvalue weighted by atomic mass is 19.4. The molecule has 0 aliphatic heterocycles. The molecule has 41 heavy (non-hydrogen) atoms. The van der Waals surface area contributed by atoms with Crippen molar-refractivity contribution in [3.63, 3.8) is 0 Å². The van der Waals surface area contributed by atoms with E-state index in [0.29, 0.717) is 33.8 Å². The summed E-state index contributed by atoms with van der Waals surface area (Å²) in [4.78, 5) is 30.4. The first-order valence-electron chi connectivity index (χ1n) is 11.5. The second kappa shape index (κ2) is 11.5. The molecule has 0 fully saturated rings. The zero-order valence-corrected chi connectivity index (χ0v) is 20.6. The van der Waals surface area contributed by atoms with Crippen LogP contribution in [0, 0.1) is 0 Å². The number of hydrogen-bond acceptors (Lipinski definition) is 5. The van der Waals surface area contributed by atoms with Gasteiger partial charge in [0.25, 0.3) is 5.91 Å². The van der Waals surface area contributed by atoms with Crippen LogP contribution in [0.3, 0.4) is 0 Å². The molecular formula is C27H18F6N4O4. The summed E-state index contributed by atoms with van der Waals surface area (Å²) in [7, 11) is 0. The molecular weight excluding hydrogens is 558 g/mol. The number of carboxylic acids is 1. The molecule has 0 aliphatic carbocycles. The number of carbonyl (C=O) groups is 2. The average molecular weight is 576 g/mol. The van der Waals surface area contributed by atoms with E-state index in [4.69, 9.17) is 14.3 Å². The van der Waals surface area contributed by atoms with Crippen LogP contribution >= 0.6 is 0 Å². The van der Waals surface area contributed by atoms with Crippen LogP contribution in [-0.2, 0) is 17.5 Å². The molecule has 0 radical (unpaired) electrons. The van der Waals surface area contributed by atoms with Crippen LogP contribution < -0.4 is 5.32 Å². The quantitative estimate of drug-likeness (QED) is 0.240. The van der Waals surface area contributed by atoms with E-state index in [1.165, 1.54) is 24.8 Å². The van der Waals surface area contributed by atoms with Crippen LogP contribution in [-0.4, -0.2) is 37.5 Å². The van der Waals surface area contributed by atoms with E-state index in [2.05, 4.69) is 15.3 Å². The molecule has 1 amide bonds. The van der Waals surface area contributed by atoms with Gasteiger partial charge in [-0.25, -0.2) is 9.78 Å². The molecule has 0 spiro atoms. The van der Waals surface area contributed by atoms with Crippen molar-refractivity contribution in [1.29, 1.82) is 0 Å². The van der Waals surface area contributed by atoms with Gasteiger partial charge in [0.2, 0.25) is 0 Å². The molecule has 4 heterocycles. The fourth-order valence-electron chi connectivity index (χ4n) is 3.72. The number of nitrogens with one attached hydrogen (secondary N) is 1. The van der Waals surface area contributed by atoms with Gasteiger partial charge in [0.1, 0.15) is 12.0 Å². The van der Waals surface area contributed by atoms with Crippen molar-refractivity contribution in [2.45, 2.75) is 18.9 Å².